The van der Waals surface area contributed by atoms with Crippen LogP contribution in [-0.4, -0.2) is 62.4 Å². The molecule has 1 aromatic carbocycles. The molecule has 1 fully saturated rings. The van der Waals surface area contributed by atoms with E-state index in [1.165, 1.54) is 25.3 Å². The number of hydrogen-bond acceptors (Lipinski definition) is 6. The van der Waals surface area contributed by atoms with Crippen LogP contribution in [0.1, 0.15) is 5.56 Å². The van der Waals surface area contributed by atoms with Crippen LogP contribution in [0, 0.1) is 0 Å². The van der Waals surface area contributed by atoms with Gasteiger partial charge in [0.1, 0.15) is 0 Å². The first-order valence-corrected chi connectivity index (χ1v) is 10.0. The fourth-order valence-corrected chi connectivity index (χ4v) is 3.46. The third kappa shape index (κ3) is 4.69. The van der Waals surface area contributed by atoms with Crippen molar-refractivity contribution < 1.29 is 13.2 Å². The summed E-state index contributed by atoms with van der Waals surface area (Å²) in [5.41, 5.74) is 0.759. The summed E-state index contributed by atoms with van der Waals surface area (Å²) < 4.78 is 25.7. The van der Waals surface area contributed by atoms with Gasteiger partial charge in [-0.2, -0.15) is 0 Å². The normalized spacial score (nSPS) is 15.3. The topological polar surface area (TPSA) is 95.5 Å². The molecule has 27 heavy (non-hydrogen) atoms. The van der Waals surface area contributed by atoms with Gasteiger partial charge in [0.15, 0.2) is 0 Å². The van der Waals surface area contributed by atoms with E-state index in [-0.39, 0.29) is 10.8 Å². The Kier molecular flexibility index (Phi) is 5.82. The molecule has 0 aliphatic carbocycles. The van der Waals surface area contributed by atoms with E-state index in [0.717, 1.165) is 5.56 Å². The average Bonchev–Trinajstić information content (AvgIpc) is 2.73. The molecule has 0 unspecified atom stereocenters. The van der Waals surface area contributed by atoms with Gasteiger partial charge in [-0.3, -0.25) is 4.79 Å². The van der Waals surface area contributed by atoms with Gasteiger partial charge in [0.2, 0.25) is 21.9 Å². The summed E-state index contributed by atoms with van der Waals surface area (Å²) in [6, 6.07) is 8.12. The van der Waals surface area contributed by atoms with Crippen molar-refractivity contribution in [2.75, 3.05) is 38.1 Å². The monoisotopic (exact) mass is 387 g/mol. The van der Waals surface area contributed by atoms with Gasteiger partial charge in [-0.25, -0.2) is 23.1 Å². The minimum absolute atomic E-state index is 0.0736. The van der Waals surface area contributed by atoms with E-state index in [9.17, 15) is 13.2 Å². The Morgan fingerprint density at radius 2 is 1.70 bits per heavy atom. The standard InChI is InChI=1S/C18H21N5O3S/c1-19-27(25,26)16-6-3-15(4-7-16)5-8-17(24)22-11-13-23(14-12-22)18-20-9-2-10-21-18/h2-10,19H,11-14H2,1H3/b8-5+. The van der Waals surface area contributed by atoms with Crippen molar-refractivity contribution in [3.63, 3.8) is 0 Å². The highest BCUT2D eigenvalue weighted by Crippen LogP contribution is 2.13. The van der Waals surface area contributed by atoms with Crippen molar-refractivity contribution in [1.82, 2.24) is 19.6 Å². The summed E-state index contributed by atoms with van der Waals surface area (Å²) in [5, 5.41) is 0. The second-order valence-electron chi connectivity index (χ2n) is 5.97. The molecule has 1 aromatic heterocycles. The maximum atomic E-state index is 12.4. The zero-order chi connectivity index (χ0) is 19.3. The van der Waals surface area contributed by atoms with Crippen LogP contribution in [0.3, 0.4) is 0 Å². The highest BCUT2D eigenvalue weighted by atomic mass is 32.2. The van der Waals surface area contributed by atoms with Crippen molar-refractivity contribution in [2.24, 2.45) is 0 Å². The number of nitrogens with zero attached hydrogens (tertiary/aromatic N) is 4. The number of sulfonamides is 1. The van der Waals surface area contributed by atoms with Crippen molar-refractivity contribution in [3.05, 3.63) is 54.4 Å². The zero-order valence-electron chi connectivity index (χ0n) is 14.9. The van der Waals surface area contributed by atoms with Gasteiger partial charge in [-0.1, -0.05) is 12.1 Å². The SMILES string of the molecule is CNS(=O)(=O)c1ccc(/C=C/C(=O)N2CCN(c3ncccn3)CC2)cc1. The van der Waals surface area contributed by atoms with Crippen LogP contribution in [0.2, 0.25) is 0 Å². The largest absolute Gasteiger partial charge is 0.337 e. The van der Waals surface area contributed by atoms with Crippen LogP contribution in [-0.2, 0) is 14.8 Å². The molecule has 1 saturated heterocycles. The van der Waals surface area contributed by atoms with Gasteiger partial charge in [-0.15, -0.1) is 0 Å². The molecule has 2 heterocycles. The Labute approximate surface area is 158 Å². The number of benzene rings is 1. The predicted molar refractivity (Wildman–Crippen MR) is 103 cm³/mol. The van der Waals surface area contributed by atoms with Gasteiger partial charge in [0, 0.05) is 44.6 Å². The summed E-state index contributed by atoms with van der Waals surface area (Å²) in [5.74, 6) is 0.604. The Balaban J connectivity index is 1.56. The fourth-order valence-electron chi connectivity index (χ4n) is 2.73. The van der Waals surface area contributed by atoms with Crippen molar-refractivity contribution in [3.8, 4) is 0 Å². The van der Waals surface area contributed by atoms with Gasteiger partial charge in [0.05, 0.1) is 4.90 Å². The van der Waals surface area contributed by atoms with Gasteiger partial charge in [0.25, 0.3) is 0 Å². The number of amides is 1. The lowest BCUT2D eigenvalue weighted by molar-refractivity contribution is -0.126. The lowest BCUT2D eigenvalue weighted by Crippen LogP contribution is -2.48. The molecular formula is C18H21N5O3S. The Morgan fingerprint density at radius 1 is 1.07 bits per heavy atom. The maximum Gasteiger partial charge on any atom is 0.246 e. The molecule has 0 atom stereocenters. The summed E-state index contributed by atoms with van der Waals surface area (Å²) in [7, 11) is -2.09. The van der Waals surface area contributed by atoms with Crippen LogP contribution in [0.15, 0.2) is 53.7 Å². The molecule has 0 bridgehead atoms. The summed E-state index contributed by atoms with van der Waals surface area (Å²) >= 11 is 0. The third-order valence-corrected chi connectivity index (χ3v) is 5.73. The van der Waals surface area contributed by atoms with E-state index >= 15 is 0 Å². The Bertz CT molecular complexity index is 906. The number of anilines is 1. The van der Waals surface area contributed by atoms with Gasteiger partial charge in [-0.05, 0) is 36.9 Å². The highest BCUT2D eigenvalue weighted by molar-refractivity contribution is 7.89. The average molecular weight is 387 g/mol. The molecule has 142 valence electrons. The number of piperazine rings is 1. The zero-order valence-corrected chi connectivity index (χ0v) is 15.8. The lowest BCUT2D eigenvalue weighted by atomic mass is 10.2. The summed E-state index contributed by atoms with van der Waals surface area (Å²) in [4.78, 5) is 24.8. The molecule has 0 spiro atoms. The maximum absolute atomic E-state index is 12.4. The number of carbonyl (C=O) groups is 1. The fraction of sp³-hybridized carbons (Fsp3) is 0.278. The van der Waals surface area contributed by atoms with Crippen LogP contribution in [0.5, 0.6) is 0 Å². The first-order valence-electron chi connectivity index (χ1n) is 8.52. The smallest absolute Gasteiger partial charge is 0.246 e. The molecule has 1 aliphatic rings. The van der Waals surface area contributed by atoms with Crippen LogP contribution >= 0.6 is 0 Å². The Hall–Kier alpha value is -2.78. The second kappa shape index (κ2) is 8.28. The minimum Gasteiger partial charge on any atom is -0.337 e. The van der Waals surface area contributed by atoms with Crippen LogP contribution < -0.4 is 9.62 Å². The van der Waals surface area contributed by atoms with Gasteiger partial charge >= 0.3 is 0 Å². The quantitative estimate of drug-likeness (QED) is 0.761. The van der Waals surface area contributed by atoms with E-state index in [1.54, 1.807) is 41.6 Å². The van der Waals surface area contributed by atoms with Crippen molar-refractivity contribution in [2.45, 2.75) is 4.90 Å². The Morgan fingerprint density at radius 3 is 2.30 bits per heavy atom. The van der Waals surface area contributed by atoms with E-state index in [4.69, 9.17) is 0 Å². The van der Waals surface area contributed by atoms with E-state index in [2.05, 4.69) is 19.6 Å². The number of carbonyl (C=O) groups excluding carboxylic acids is 1. The second-order valence-corrected chi connectivity index (χ2v) is 7.86. The summed E-state index contributed by atoms with van der Waals surface area (Å²) in [6.07, 6.45) is 6.60. The van der Waals surface area contributed by atoms with Gasteiger partial charge < -0.3 is 9.80 Å². The van der Waals surface area contributed by atoms with E-state index < -0.39 is 10.0 Å². The third-order valence-electron chi connectivity index (χ3n) is 4.30. The molecular weight excluding hydrogens is 366 g/mol. The lowest BCUT2D eigenvalue weighted by Gasteiger charge is -2.34. The van der Waals surface area contributed by atoms with Crippen molar-refractivity contribution in [1.29, 1.82) is 0 Å². The molecule has 9 heteroatoms. The van der Waals surface area contributed by atoms with E-state index in [0.29, 0.717) is 32.1 Å². The molecule has 1 aliphatic heterocycles. The minimum atomic E-state index is -3.46. The molecule has 3 rings (SSSR count). The molecule has 1 amide bonds. The predicted octanol–water partition coefficient (Wildman–Crippen LogP) is 0.747. The molecule has 1 N–H and O–H groups in total. The molecule has 0 saturated carbocycles. The van der Waals surface area contributed by atoms with Crippen LogP contribution in [0.25, 0.3) is 6.08 Å². The molecule has 0 radical (unpaired) electrons. The molecule has 2 aromatic rings. The number of hydrogen-bond donors (Lipinski definition) is 1. The van der Waals surface area contributed by atoms with E-state index in [1.807, 2.05) is 0 Å². The summed E-state index contributed by atoms with van der Waals surface area (Å²) in [6.45, 7) is 2.56. The molecule has 8 nitrogen and oxygen atoms in total. The highest BCUT2D eigenvalue weighted by Gasteiger charge is 2.21. The number of aromatic nitrogens is 2. The first kappa shape index (κ1) is 19.0. The number of nitrogens with one attached hydrogen (secondary N) is 1. The van der Waals surface area contributed by atoms with Crippen molar-refractivity contribution >= 4 is 28.0 Å². The first-order chi connectivity index (χ1) is 13.0. The van der Waals surface area contributed by atoms with Crippen LogP contribution in [0.4, 0.5) is 5.95 Å². The number of rotatable bonds is 5.